The van der Waals surface area contributed by atoms with Gasteiger partial charge in [-0.2, -0.15) is 5.10 Å². The smallest absolute Gasteiger partial charge is 0.338 e. The summed E-state index contributed by atoms with van der Waals surface area (Å²) in [6, 6.07) is 6.54. The lowest BCUT2D eigenvalue weighted by molar-refractivity contribution is 0.0472. The molecular formula is C13H14ClN3O2. The number of hydrogen-bond donors (Lipinski definition) is 1. The Labute approximate surface area is 115 Å². The Bertz CT molecular complexity index is 605. The summed E-state index contributed by atoms with van der Waals surface area (Å²) in [5.74, 6) is -0.417. The van der Waals surface area contributed by atoms with Crippen molar-refractivity contribution < 1.29 is 9.53 Å². The summed E-state index contributed by atoms with van der Waals surface area (Å²) in [6.07, 6.45) is 0. The van der Waals surface area contributed by atoms with Gasteiger partial charge in [0.2, 0.25) is 0 Å². The molecule has 0 unspecified atom stereocenters. The van der Waals surface area contributed by atoms with Gasteiger partial charge in [-0.05, 0) is 31.2 Å². The van der Waals surface area contributed by atoms with Crippen LogP contribution in [0.4, 0.5) is 5.69 Å². The van der Waals surface area contributed by atoms with Crippen LogP contribution in [0, 0.1) is 6.92 Å². The fourth-order valence-corrected chi connectivity index (χ4v) is 1.91. The second-order valence-corrected chi connectivity index (χ2v) is 4.53. The van der Waals surface area contributed by atoms with Gasteiger partial charge >= 0.3 is 5.97 Å². The Kier molecular flexibility index (Phi) is 3.76. The molecule has 0 atom stereocenters. The number of ether oxygens (including phenoxy) is 1. The van der Waals surface area contributed by atoms with E-state index >= 15 is 0 Å². The summed E-state index contributed by atoms with van der Waals surface area (Å²) in [6.45, 7) is 1.92. The standard InChI is InChI=1S/C13H14ClN3O2/c1-8-11(12(14)17(2)16-8)7-19-13(18)9-3-5-10(15)6-4-9/h3-6H,7,15H2,1-2H3. The molecule has 5 nitrogen and oxygen atoms in total. The van der Waals surface area contributed by atoms with Crippen molar-refractivity contribution in [3.63, 3.8) is 0 Å². The first-order chi connectivity index (χ1) is 8.99. The van der Waals surface area contributed by atoms with E-state index in [1.807, 2.05) is 6.92 Å². The summed E-state index contributed by atoms with van der Waals surface area (Å²) in [7, 11) is 1.74. The number of nitrogens with two attached hydrogens (primary N) is 1. The fourth-order valence-electron chi connectivity index (χ4n) is 1.68. The van der Waals surface area contributed by atoms with Gasteiger partial charge in [-0.1, -0.05) is 11.6 Å². The summed E-state index contributed by atoms with van der Waals surface area (Å²) in [5.41, 5.74) is 8.07. The highest BCUT2D eigenvalue weighted by molar-refractivity contribution is 6.30. The number of esters is 1. The van der Waals surface area contributed by atoms with E-state index in [0.717, 1.165) is 5.69 Å². The molecule has 0 fully saturated rings. The summed E-state index contributed by atoms with van der Waals surface area (Å²) in [4.78, 5) is 11.8. The van der Waals surface area contributed by atoms with Crippen molar-refractivity contribution in [3.8, 4) is 0 Å². The van der Waals surface area contributed by atoms with Crippen LogP contribution in [-0.2, 0) is 18.4 Å². The first-order valence-corrected chi connectivity index (χ1v) is 6.07. The highest BCUT2D eigenvalue weighted by atomic mass is 35.5. The topological polar surface area (TPSA) is 70.1 Å². The molecular weight excluding hydrogens is 266 g/mol. The van der Waals surface area contributed by atoms with Crippen molar-refractivity contribution >= 4 is 23.3 Å². The molecule has 1 aromatic heterocycles. The first-order valence-electron chi connectivity index (χ1n) is 5.69. The van der Waals surface area contributed by atoms with Crippen LogP contribution >= 0.6 is 11.6 Å². The lowest BCUT2D eigenvalue weighted by Gasteiger charge is -2.05. The zero-order valence-corrected chi connectivity index (χ0v) is 11.4. The van der Waals surface area contributed by atoms with Crippen molar-refractivity contribution in [2.75, 3.05) is 5.73 Å². The maximum atomic E-state index is 11.8. The molecule has 0 saturated carbocycles. The van der Waals surface area contributed by atoms with Crippen molar-refractivity contribution in [2.45, 2.75) is 13.5 Å². The van der Waals surface area contributed by atoms with Crippen LogP contribution in [-0.4, -0.2) is 15.7 Å². The van der Waals surface area contributed by atoms with Gasteiger partial charge in [0.25, 0.3) is 0 Å². The van der Waals surface area contributed by atoms with Crippen LogP contribution in [0.1, 0.15) is 21.6 Å². The van der Waals surface area contributed by atoms with Crippen molar-refractivity contribution in [2.24, 2.45) is 7.05 Å². The third kappa shape index (κ3) is 2.88. The monoisotopic (exact) mass is 279 g/mol. The number of benzene rings is 1. The van der Waals surface area contributed by atoms with Crippen LogP contribution in [0.5, 0.6) is 0 Å². The van der Waals surface area contributed by atoms with Crippen LogP contribution in [0.25, 0.3) is 0 Å². The maximum Gasteiger partial charge on any atom is 0.338 e. The van der Waals surface area contributed by atoms with E-state index in [2.05, 4.69) is 5.10 Å². The second kappa shape index (κ2) is 5.32. The summed E-state index contributed by atoms with van der Waals surface area (Å²) >= 11 is 6.06. The number of nitrogen functional groups attached to an aromatic ring is 1. The number of rotatable bonds is 3. The highest BCUT2D eigenvalue weighted by Gasteiger charge is 2.14. The molecule has 0 aliphatic carbocycles. The predicted molar refractivity (Wildman–Crippen MR) is 72.9 cm³/mol. The molecule has 1 aromatic carbocycles. The number of nitrogens with zero attached hydrogens (tertiary/aromatic N) is 2. The minimum absolute atomic E-state index is 0.0989. The van der Waals surface area contributed by atoms with E-state index in [-0.39, 0.29) is 6.61 Å². The van der Waals surface area contributed by atoms with Gasteiger partial charge in [0, 0.05) is 18.3 Å². The highest BCUT2D eigenvalue weighted by Crippen LogP contribution is 2.20. The number of aryl methyl sites for hydroxylation is 2. The van der Waals surface area contributed by atoms with E-state index in [1.165, 1.54) is 0 Å². The Morgan fingerprint density at radius 3 is 2.58 bits per heavy atom. The minimum Gasteiger partial charge on any atom is -0.457 e. The zero-order valence-electron chi connectivity index (χ0n) is 10.7. The molecule has 1 heterocycles. The summed E-state index contributed by atoms with van der Waals surface area (Å²) < 4.78 is 6.76. The minimum atomic E-state index is -0.417. The van der Waals surface area contributed by atoms with Crippen molar-refractivity contribution in [3.05, 3.63) is 46.2 Å². The lowest BCUT2D eigenvalue weighted by atomic mass is 10.2. The molecule has 0 spiro atoms. The second-order valence-electron chi connectivity index (χ2n) is 4.18. The largest absolute Gasteiger partial charge is 0.457 e. The number of anilines is 1. The molecule has 6 heteroatoms. The number of carbonyl (C=O) groups is 1. The van der Waals surface area contributed by atoms with Gasteiger partial charge in [-0.3, -0.25) is 4.68 Å². The van der Waals surface area contributed by atoms with Gasteiger partial charge in [0.05, 0.1) is 11.3 Å². The Morgan fingerprint density at radius 1 is 1.42 bits per heavy atom. The van der Waals surface area contributed by atoms with Crippen LogP contribution in [0.3, 0.4) is 0 Å². The predicted octanol–water partition coefficient (Wildman–Crippen LogP) is 2.32. The molecule has 0 bridgehead atoms. The lowest BCUT2D eigenvalue weighted by Crippen LogP contribution is -2.06. The molecule has 19 heavy (non-hydrogen) atoms. The Hall–Kier alpha value is -2.01. The third-order valence-electron chi connectivity index (χ3n) is 2.76. The van der Waals surface area contributed by atoms with Gasteiger partial charge in [0.1, 0.15) is 11.8 Å². The van der Waals surface area contributed by atoms with E-state index in [4.69, 9.17) is 22.1 Å². The van der Waals surface area contributed by atoms with E-state index in [1.54, 1.807) is 36.0 Å². The molecule has 0 amide bonds. The summed E-state index contributed by atoms with van der Waals surface area (Å²) in [5, 5.41) is 4.62. The molecule has 0 saturated heterocycles. The fraction of sp³-hybridized carbons (Fsp3) is 0.231. The van der Waals surface area contributed by atoms with Gasteiger partial charge in [0.15, 0.2) is 0 Å². The average Bonchev–Trinajstić information content (AvgIpc) is 2.62. The number of halogens is 1. The quantitative estimate of drug-likeness (QED) is 0.691. The van der Waals surface area contributed by atoms with E-state index in [0.29, 0.717) is 22.0 Å². The molecule has 2 N–H and O–H groups in total. The number of hydrogen-bond acceptors (Lipinski definition) is 4. The molecule has 2 aromatic rings. The van der Waals surface area contributed by atoms with Crippen molar-refractivity contribution in [1.82, 2.24) is 9.78 Å². The molecule has 2 rings (SSSR count). The normalized spacial score (nSPS) is 10.5. The first kappa shape index (κ1) is 13.4. The maximum absolute atomic E-state index is 11.8. The molecule has 0 radical (unpaired) electrons. The average molecular weight is 280 g/mol. The Morgan fingerprint density at radius 2 is 2.05 bits per heavy atom. The Balaban J connectivity index is 2.06. The SMILES string of the molecule is Cc1nn(C)c(Cl)c1COC(=O)c1ccc(N)cc1. The molecule has 0 aliphatic rings. The molecule has 100 valence electrons. The molecule has 0 aliphatic heterocycles. The van der Waals surface area contributed by atoms with E-state index in [9.17, 15) is 4.79 Å². The van der Waals surface area contributed by atoms with Crippen molar-refractivity contribution in [1.29, 1.82) is 0 Å². The van der Waals surface area contributed by atoms with Gasteiger partial charge in [-0.25, -0.2) is 4.79 Å². The van der Waals surface area contributed by atoms with Crippen LogP contribution in [0.2, 0.25) is 5.15 Å². The third-order valence-corrected chi connectivity index (χ3v) is 3.24. The zero-order chi connectivity index (χ0) is 14.0. The number of aromatic nitrogens is 2. The van der Waals surface area contributed by atoms with Crippen LogP contribution in [0.15, 0.2) is 24.3 Å². The van der Waals surface area contributed by atoms with Crippen LogP contribution < -0.4 is 5.73 Å². The van der Waals surface area contributed by atoms with Gasteiger partial charge in [-0.15, -0.1) is 0 Å². The van der Waals surface area contributed by atoms with E-state index < -0.39 is 5.97 Å². The van der Waals surface area contributed by atoms with Gasteiger partial charge < -0.3 is 10.5 Å². The number of carbonyl (C=O) groups excluding carboxylic acids is 1.